The highest BCUT2D eigenvalue weighted by Gasteiger charge is 2.06. The lowest BCUT2D eigenvalue weighted by molar-refractivity contribution is 0.0950. The molecule has 0 spiro atoms. The van der Waals surface area contributed by atoms with Crippen molar-refractivity contribution in [2.45, 2.75) is 19.9 Å². The van der Waals surface area contributed by atoms with Crippen LogP contribution in [0.4, 0.5) is 5.69 Å². The van der Waals surface area contributed by atoms with Crippen molar-refractivity contribution in [3.05, 3.63) is 47.9 Å². The molecule has 0 atom stereocenters. The summed E-state index contributed by atoms with van der Waals surface area (Å²) >= 11 is 0. The van der Waals surface area contributed by atoms with Crippen molar-refractivity contribution in [1.82, 2.24) is 10.5 Å². The molecule has 0 aliphatic rings. The fourth-order valence-electron chi connectivity index (χ4n) is 1.61. The molecule has 1 aromatic heterocycles. The Kier molecular flexibility index (Phi) is 4.55. The minimum Gasteiger partial charge on any atom is -0.385 e. The molecule has 100 valence electrons. The first-order chi connectivity index (χ1) is 9.29. The SMILES string of the molecule is CCCNc1ccc(C(=O)NCc2ccon2)cc1. The molecule has 2 aromatic rings. The molecule has 0 saturated heterocycles. The van der Waals surface area contributed by atoms with E-state index in [-0.39, 0.29) is 5.91 Å². The molecular formula is C14H17N3O2. The molecule has 0 unspecified atom stereocenters. The van der Waals surface area contributed by atoms with Crippen LogP contribution in [-0.2, 0) is 6.54 Å². The zero-order valence-corrected chi connectivity index (χ0v) is 10.8. The van der Waals surface area contributed by atoms with Crippen LogP contribution in [0.3, 0.4) is 0 Å². The molecule has 2 N–H and O–H groups in total. The van der Waals surface area contributed by atoms with Gasteiger partial charge in [0.15, 0.2) is 0 Å². The number of carbonyl (C=O) groups excluding carboxylic acids is 1. The van der Waals surface area contributed by atoms with Crippen LogP contribution >= 0.6 is 0 Å². The largest absolute Gasteiger partial charge is 0.385 e. The van der Waals surface area contributed by atoms with Crippen LogP contribution in [0.15, 0.2) is 41.1 Å². The summed E-state index contributed by atoms with van der Waals surface area (Å²) in [5.41, 5.74) is 2.36. The number of nitrogens with zero attached hydrogens (tertiary/aromatic N) is 1. The molecule has 5 heteroatoms. The number of amides is 1. The Balaban J connectivity index is 1.88. The molecule has 0 radical (unpaired) electrons. The summed E-state index contributed by atoms with van der Waals surface area (Å²) in [5, 5.41) is 9.77. The predicted octanol–water partition coefficient (Wildman–Crippen LogP) is 2.43. The first-order valence-electron chi connectivity index (χ1n) is 6.31. The van der Waals surface area contributed by atoms with Crippen LogP contribution in [-0.4, -0.2) is 17.6 Å². The van der Waals surface area contributed by atoms with Gasteiger partial charge in [-0.25, -0.2) is 0 Å². The minimum absolute atomic E-state index is 0.120. The first kappa shape index (κ1) is 13.1. The molecule has 0 aliphatic carbocycles. The van der Waals surface area contributed by atoms with Crippen molar-refractivity contribution in [3.8, 4) is 0 Å². The van der Waals surface area contributed by atoms with Gasteiger partial charge in [0.2, 0.25) is 0 Å². The lowest BCUT2D eigenvalue weighted by Gasteiger charge is -2.06. The topological polar surface area (TPSA) is 67.2 Å². The quantitative estimate of drug-likeness (QED) is 0.836. The maximum atomic E-state index is 11.9. The van der Waals surface area contributed by atoms with Gasteiger partial charge in [-0.1, -0.05) is 12.1 Å². The third-order valence-corrected chi connectivity index (χ3v) is 2.65. The highest BCUT2D eigenvalue weighted by atomic mass is 16.5. The Morgan fingerprint density at radius 2 is 2.05 bits per heavy atom. The van der Waals surface area contributed by atoms with E-state index in [0.29, 0.717) is 17.8 Å². The number of carbonyl (C=O) groups is 1. The minimum atomic E-state index is -0.120. The summed E-state index contributed by atoms with van der Waals surface area (Å²) in [7, 11) is 0. The Morgan fingerprint density at radius 3 is 2.68 bits per heavy atom. The molecule has 5 nitrogen and oxygen atoms in total. The summed E-state index contributed by atoms with van der Waals surface area (Å²) in [4.78, 5) is 11.9. The third-order valence-electron chi connectivity index (χ3n) is 2.65. The maximum absolute atomic E-state index is 11.9. The van der Waals surface area contributed by atoms with Crippen LogP contribution in [0, 0.1) is 0 Å². The predicted molar refractivity (Wildman–Crippen MR) is 72.9 cm³/mol. The molecule has 19 heavy (non-hydrogen) atoms. The van der Waals surface area contributed by atoms with Gasteiger partial charge >= 0.3 is 0 Å². The van der Waals surface area contributed by atoms with Gasteiger partial charge < -0.3 is 15.2 Å². The van der Waals surface area contributed by atoms with Crippen molar-refractivity contribution in [3.63, 3.8) is 0 Å². The van der Waals surface area contributed by atoms with Crippen molar-refractivity contribution in [2.75, 3.05) is 11.9 Å². The summed E-state index contributed by atoms with van der Waals surface area (Å²) in [6, 6.07) is 9.13. The summed E-state index contributed by atoms with van der Waals surface area (Å²) in [6.07, 6.45) is 2.55. The number of anilines is 1. The Hall–Kier alpha value is -2.30. The van der Waals surface area contributed by atoms with Gasteiger partial charge in [-0.2, -0.15) is 0 Å². The highest BCUT2D eigenvalue weighted by molar-refractivity contribution is 5.94. The van der Waals surface area contributed by atoms with E-state index < -0.39 is 0 Å². The second-order valence-corrected chi connectivity index (χ2v) is 4.18. The number of nitrogens with one attached hydrogen (secondary N) is 2. The number of rotatable bonds is 6. The van der Waals surface area contributed by atoms with Gasteiger partial charge in [-0.15, -0.1) is 0 Å². The maximum Gasteiger partial charge on any atom is 0.251 e. The van der Waals surface area contributed by atoms with Gasteiger partial charge in [-0.05, 0) is 30.7 Å². The molecular weight excluding hydrogens is 242 g/mol. The highest BCUT2D eigenvalue weighted by Crippen LogP contribution is 2.09. The van der Waals surface area contributed by atoms with Crippen LogP contribution in [0.25, 0.3) is 0 Å². The molecule has 1 heterocycles. The van der Waals surface area contributed by atoms with E-state index in [4.69, 9.17) is 4.52 Å². The second kappa shape index (κ2) is 6.58. The van der Waals surface area contributed by atoms with Crippen LogP contribution in [0.1, 0.15) is 29.4 Å². The lowest BCUT2D eigenvalue weighted by atomic mass is 10.2. The van der Waals surface area contributed by atoms with E-state index >= 15 is 0 Å². The van der Waals surface area contributed by atoms with E-state index in [1.54, 1.807) is 18.2 Å². The van der Waals surface area contributed by atoms with Crippen LogP contribution in [0.2, 0.25) is 0 Å². The number of aromatic nitrogens is 1. The van der Waals surface area contributed by atoms with Crippen molar-refractivity contribution >= 4 is 11.6 Å². The van der Waals surface area contributed by atoms with E-state index in [9.17, 15) is 4.79 Å². The van der Waals surface area contributed by atoms with Gasteiger partial charge in [0.05, 0.1) is 6.54 Å². The van der Waals surface area contributed by atoms with Gasteiger partial charge in [0.25, 0.3) is 5.91 Å². The fourth-order valence-corrected chi connectivity index (χ4v) is 1.61. The summed E-state index contributed by atoms with van der Waals surface area (Å²) < 4.78 is 4.70. The van der Waals surface area contributed by atoms with Gasteiger partial charge in [0.1, 0.15) is 12.0 Å². The Morgan fingerprint density at radius 1 is 1.26 bits per heavy atom. The van der Waals surface area contributed by atoms with E-state index in [0.717, 1.165) is 18.7 Å². The smallest absolute Gasteiger partial charge is 0.251 e. The third kappa shape index (κ3) is 3.84. The Bertz CT molecular complexity index is 506. The zero-order chi connectivity index (χ0) is 13.5. The lowest BCUT2D eigenvalue weighted by Crippen LogP contribution is -2.22. The summed E-state index contributed by atoms with van der Waals surface area (Å²) in [5.74, 6) is -0.120. The van der Waals surface area contributed by atoms with Crippen LogP contribution in [0.5, 0.6) is 0 Å². The standard InChI is InChI=1S/C14H17N3O2/c1-2-8-15-12-5-3-11(4-6-12)14(18)16-10-13-7-9-19-17-13/h3-7,9,15H,2,8,10H2,1H3,(H,16,18). The Labute approximate surface area is 112 Å². The van der Waals surface area contributed by atoms with Gasteiger partial charge in [0, 0.05) is 23.9 Å². The van der Waals surface area contributed by atoms with Gasteiger partial charge in [-0.3, -0.25) is 4.79 Å². The molecule has 1 amide bonds. The molecule has 1 aromatic carbocycles. The monoisotopic (exact) mass is 259 g/mol. The van der Waals surface area contributed by atoms with E-state index in [1.807, 2.05) is 12.1 Å². The zero-order valence-electron chi connectivity index (χ0n) is 10.8. The molecule has 0 aliphatic heterocycles. The number of hydrogen-bond donors (Lipinski definition) is 2. The van der Waals surface area contributed by atoms with Crippen molar-refractivity contribution in [1.29, 1.82) is 0 Å². The first-order valence-corrected chi connectivity index (χ1v) is 6.31. The van der Waals surface area contributed by atoms with E-state index in [1.165, 1.54) is 6.26 Å². The molecule has 0 saturated carbocycles. The average Bonchev–Trinajstić information content (AvgIpc) is 2.96. The number of benzene rings is 1. The normalized spacial score (nSPS) is 10.2. The van der Waals surface area contributed by atoms with Crippen LogP contribution < -0.4 is 10.6 Å². The molecule has 2 rings (SSSR count). The van der Waals surface area contributed by atoms with E-state index in [2.05, 4.69) is 22.7 Å². The molecule has 0 bridgehead atoms. The number of hydrogen-bond acceptors (Lipinski definition) is 4. The average molecular weight is 259 g/mol. The fraction of sp³-hybridized carbons (Fsp3) is 0.286. The molecule has 0 fully saturated rings. The van der Waals surface area contributed by atoms with Crippen molar-refractivity contribution < 1.29 is 9.32 Å². The van der Waals surface area contributed by atoms with Crippen molar-refractivity contribution in [2.24, 2.45) is 0 Å². The summed E-state index contributed by atoms with van der Waals surface area (Å²) in [6.45, 7) is 3.40. The second-order valence-electron chi connectivity index (χ2n) is 4.18.